The maximum Gasteiger partial charge on any atom is 0.355 e. The second-order valence-electron chi connectivity index (χ2n) is 4.49. The minimum absolute atomic E-state index is 0.0798. The number of rotatable bonds is 3. The van der Waals surface area contributed by atoms with Gasteiger partial charge in [-0.05, 0) is 25.7 Å². The Balaban J connectivity index is 2.13. The standard InChI is InChI=1S/C11H13NO5S/c13-8(14)6-1-3-11(17,4-2-6)10-12-7(5-18-10)9(15)16/h5-6,17H,1-4H2,(H,13,14)(H,15,16). The number of hydrogen-bond acceptors (Lipinski definition) is 5. The van der Waals surface area contributed by atoms with Gasteiger partial charge in [0, 0.05) is 5.38 Å². The Kier molecular flexibility index (Phi) is 3.36. The van der Waals surface area contributed by atoms with Crippen molar-refractivity contribution in [1.29, 1.82) is 0 Å². The fourth-order valence-corrected chi connectivity index (χ4v) is 3.09. The van der Waals surface area contributed by atoms with Crippen LogP contribution in [0.5, 0.6) is 0 Å². The van der Waals surface area contributed by atoms with E-state index < -0.39 is 23.5 Å². The summed E-state index contributed by atoms with van der Waals surface area (Å²) < 4.78 is 0. The molecule has 0 saturated heterocycles. The number of carbonyl (C=O) groups is 2. The Morgan fingerprint density at radius 3 is 2.39 bits per heavy atom. The van der Waals surface area contributed by atoms with E-state index in [9.17, 15) is 14.7 Å². The third-order valence-electron chi connectivity index (χ3n) is 3.28. The summed E-state index contributed by atoms with van der Waals surface area (Å²) in [7, 11) is 0. The number of aromatic nitrogens is 1. The van der Waals surface area contributed by atoms with Crippen molar-refractivity contribution in [2.45, 2.75) is 31.3 Å². The summed E-state index contributed by atoms with van der Waals surface area (Å²) in [4.78, 5) is 25.4. The minimum atomic E-state index is -1.18. The molecular weight excluding hydrogens is 258 g/mol. The third-order valence-corrected chi connectivity index (χ3v) is 4.32. The minimum Gasteiger partial charge on any atom is -0.481 e. The van der Waals surface area contributed by atoms with Gasteiger partial charge in [-0.25, -0.2) is 9.78 Å². The molecule has 6 nitrogen and oxygen atoms in total. The average molecular weight is 271 g/mol. The van der Waals surface area contributed by atoms with Gasteiger partial charge < -0.3 is 15.3 Å². The third kappa shape index (κ3) is 2.37. The fourth-order valence-electron chi connectivity index (χ4n) is 2.14. The lowest BCUT2D eigenvalue weighted by atomic mass is 9.79. The topological polar surface area (TPSA) is 108 Å². The Labute approximate surface area is 107 Å². The molecule has 1 aliphatic rings. The van der Waals surface area contributed by atoms with E-state index in [-0.39, 0.29) is 5.69 Å². The SMILES string of the molecule is O=C(O)c1csc(C2(O)CCC(C(=O)O)CC2)n1. The van der Waals surface area contributed by atoms with E-state index >= 15 is 0 Å². The van der Waals surface area contributed by atoms with Gasteiger partial charge in [-0.2, -0.15) is 0 Å². The largest absolute Gasteiger partial charge is 0.481 e. The number of aromatic carboxylic acids is 1. The molecule has 1 saturated carbocycles. The molecule has 0 amide bonds. The van der Waals surface area contributed by atoms with Crippen molar-refractivity contribution in [2.75, 3.05) is 0 Å². The Bertz CT molecular complexity index is 476. The first-order valence-electron chi connectivity index (χ1n) is 5.57. The lowest BCUT2D eigenvalue weighted by molar-refractivity contribution is -0.145. The van der Waals surface area contributed by atoms with Gasteiger partial charge in [0.2, 0.25) is 0 Å². The second-order valence-corrected chi connectivity index (χ2v) is 5.35. The molecule has 1 aliphatic carbocycles. The molecular formula is C11H13NO5S. The van der Waals surface area contributed by atoms with Gasteiger partial charge >= 0.3 is 11.9 Å². The van der Waals surface area contributed by atoms with Gasteiger partial charge in [-0.15, -0.1) is 11.3 Å². The Morgan fingerprint density at radius 1 is 1.33 bits per heavy atom. The number of carboxylic acid groups (broad SMARTS) is 2. The summed E-state index contributed by atoms with van der Waals surface area (Å²) in [5.74, 6) is -2.40. The molecule has 0 unspecified atom stereocenters. The maximum atomic E-state index is 10.8. The maximum absolute atomic E-state index is 10.8. The highest BCUT2D eigenvalue weighted by atomic mass is 32.1. The van der Waals surface area contributed by atoms with Gasteiger partial charge in [0.25, 0.3) is 0 Å². The number of thiazole rings is 1. The van der Waals surface area contributed by atoms with E-state index in [1.54, 1.807) is 0 Å². The first-order chi connectivity index (χ1) is 8.42. The van der Waals surface area contributed by atoms with Crippen molar-refractivity contribution < 1.29 is 24.9 Å². The van der Waals surface area contributed by atoms with Crippen LogP contribution in [0.2, 0.25) is 0 Å². The van der Waals surface area contributed by atoms with E-state index in [1.807, 2.05) is 0 Å². The van der Waals surface area contributed by atoms with Gasteiger partial charge in [0.15, 0.2) is 5.69 Å². The van der Waals surface area contributed by atoms with Crippen molar-refractivity contribution in [3.05, 3.63) is 16.1 Å². The Hall–Kier alpha value is -1.47. The monoisotopic (exact) mass is 271 g/mol. The number of carboxylic acids is 2. The zero-order chi connectivity index (χ0) is 13.3. The predicted molar refractivity (Wildman–Crippen MR) is 62.6 cm³/mol. The highest BCUT2D eigenvalue weighted by Crippen LogP contribution is 2.40. The molecule has 98 valence electrons. The first kappa shape index (κ1) is 13.0. The molecule has 0 spiro atoms. The van der Waals surface area contributed by atoms with Gasteiger partial charge in [0.1, 0.15) is 10.6 Å². The van der Waals surface area contributed by atoms with Crippen LogP contribution in [0.25, 0.3) is 0 Å². The van der Waals surface area contributed by atoms with Crippen molar-refractivity contribution in [3.8, 4) is 0 Å². The Morgan fingerprint density at radius 2 is 1.94 bits per heavy atom. The van der Waals surface area contributed by atoms with Crippen LogP contribution in [0.3, 0.4) is 0 Å². The van der Waals surface area contributed by atoms with E-state index in [0.29, 0.717) is 30.7 Å². The first-order valence-corrected chi connectivity index (χ1v) is 6.45. The van der Waals surface area contributed by atoms with Crippen LogP contribution in [0.4, 0.5) is 0 Å². The highest BCUT2D eigenvalue weighted by molar-refractivity contribution is 7.10. The van der Waals surface area contributed by atoms with Crippen LogP contribution in [-0.4, -0.2) is 32.2 Å². The molecule has 0 bridgehead atoms. The molecule has 1 aromatic rings. The molecule has 0 aliphatic heterocycles. The highest BCUT2D eigenvalue weighted by Gasteiger charge is 2.39. The van der Waals surface area contributed by atoms with Crippen LogP contribution in [0.15, 0.2) is 5.38 Å². The van der Waals surface area contributed by atoms with Crippen LogP contribution >= 0.6 is 11.3 Å². The molecule has 1 fully saturated rings. The molecule has 7 heteroatoms. The van der Waals surface area contributed by atoms with Gasteiger partial charge in [0.05, 0.1) is 5.92 Å². The van der Waals surface area contributed by atoms with E-state index in [0.717, 1.165) is 11.3 Å². The second kappa shape index (κ2) is 4.66. The summed E-state index contributed by atoms with van der Waals surface area (Å²) in [6, 6.07) is 0. The lowest BCUT2D eigenvalue weighted by Crippen LogP contribution is -2.33. The summed E-state index contributed by atoms with van der Waals surface area (Å²) in [6.07, 6.45) is 1.37. The fraction of sp³-hybridized carbons (Fsp3) is 0.545. The molecule has 1 heterocycles. The molecule has 0 atom stereocenters. The van der Waals surface area contributed by atoms with E-state index in [4.69, 9.17) is 10.2 Å². The van der Waals surface area contributed by atoms with Crippen molar-refractivity contribution in [1.82, 2.24) is 4.98 Å². The van der Waals surface area contributed by atoms with Crippen LogP contribution < -0.4 is 0 Å². The van der Waals surface area contributed by atoms with Crippen LogP contribution in [0, 0.1) is 5.92 Å². The van der Waals surface area contributed by atoms with Crippen LogP contribution in [0.1, 0.15) is 41.2 Å². The van der Waals surface area contributed by atoms with Gasteiger partial charge in [-0.1, -0.05) is 0 Å². The number of aliphatic carboxylic acids is 1. The molecule has 18 heavy (non-hydrogen) atoms. The smallest absolute Gasteiger partial charge is 0.355 e. The van der Waals surface area contributed by atoms with E-state index in [1.165, 1.54) is 5.38 Å². The average Bonchev–Trinajstić information content (AvgIpc) is 2.79. The van der Waals surface area contributed by atoms with Crippen molar-refractivity contribution in [2.24, 2.45) is 5.92 Å². The van der Waals surface area contributed by atoms with Crippen molar-refractivity contribution in [3.63, 3.8) is 0 Å². The molecule has 0 radical (unpaired) electrons. The molecule has 3 N–H and O–H groups in total. The number of hydrogen-bond donors (Lipinski definition) is 3. The summed E-state index contributed by atoms with van der Waals surface area (Å²) >= 11 is 1.10. The summed E-state index contributed by atoms with van der Waals surface area (Å²) in [5.41, 5.74) is -1.26. The zero-order valence-corrected chi connectivity index (χ0v) is 10.3. The lowest BCUT2D eigenvalue weighted by Gasteiger charge is -2.32. The molecule has 0 aromatic carbocycles. The van der Waals surface area contributed by atoms with Crippen LogP contribution in [-0.2, 0) is 10.4 Å². The summed E-state index contributed by atoms with van der Waals surface area (Å²) in [6.45, 7) is 0. The summed E-state index contributed by atoms with van der Waals surface area (Å²) in [5, 5.41) is 29.8. The molecule has 2 rings (SSSR count). The van der Waals surface area contributed by atoms with E-state index in [2.05, 4.69) is 4.98 Å². The zero-order valence-electron chi connectivity index (χ0n) is 9.50. The number of aliphatic hydroxyl groups is 1. The van der Waals surface area contributed by atoms with Crippen molar-refractivity contribution >= 4 is 23.3 Å². The molecule has 1 aromatic heterocycles. The number of nitrogens with zero attached hydrogens (tertiary/aromatic N) is 1. The normalized spacial score (nSPS) is 27.9. The predicted octanol–water partition coefficient (Wildman–Crippen LogP) is 1.30. The van der Waals surface area contributed by atoms with Gasteiger partial charge in [-0.3, -0.25) is 4.79 Å². The quantitative estimate of drug-likeness (QED) is 0.764.